The molecular formula is C34H35ClN2O5. The van der Waals surface area contributed by atoms with Crippen molar-refractivity contribution in [1.82, 2.24) is 9.38 Å². The van der Waals surface area contributed by atoms with E-state index in [2.05, 4.69) is 4.98 Å². The lowest BCUT2D eigenvalue weighted by atomic mass is 9.76. The number of ketones is 2. The number of hydrogen-bond donors (Lipinski definition) is 1. The predicted molar refractivity (Wildman–Crippen MR) is 162 cm³/mol. The molecule has 8 heteroatoms. The lowest BCUT2D eigenvalue weighted by molar-refractivity contribution is -0.148. The Morgan fingerprint density at radius 3 is 2.36 bits per heavy atom. The topological polar surface area (TPSA) is 98.0 Å². The first-order valence-corrected chi connectivity index (χ1v) is 14.6. The number of fused-ring (bicyclic) bond motifs is 1. The highest BCUT2D eigenvalue weighted by molar-refractivity contribution is 6.30. The summed E-state index contributed by atoms with van der Waals surface area (Å²) in [6, 6.07) is 15.8. The van der Waals surface area contributed by atoms with Gasteiger partial charge in [0.2, 0.25) is 5.78 Å². The van der Waals surface area contributed by atoms with Crippen LogP contribution in [0.5, 0.6) is 5.75 Å². The SMILES string of the molecule is Cc1cccc(COc2ccn3c(C(=O)c4ccc(Cl)cc4)c(CC4(C(=O)O)CCCC4)c(C(=O)C(C)(C)C)c3c2)n1. The number of halogens is 1. The van der Waals surface area contributed by atoms with Gasteiger partial charge in [0, 0.05) is 39.5 Å². The van der Waals surface area contributed by atoms with Crippen LogP contribution in [0, 0.1) is 17.8 Å². The molecule has 4 aromatic rings. The summed E-state index contributed by atoms with van der Waals surface area (Å²) in [4.78, 5) is 45.5. The monoisotopic (exact) mass is 586 g/mol. The summed E-state index contributed by atoms with van der Waals surface area (Å²) in [6.07, 6.45) is 4.36. The quantitative estimate of drug-likeness (QED) is 0.204. The molecular weight excluding hydrogens is 552 g/mol. The van der Waals surface area contributed by atoms with Gasteiger partial charge in [-0.25, -0.2) is 0 Å². The second-order valence-corrected chi connectivity index (χ2v) is 12.7. The molecule has 1 fully saturated rings. The average Bonchev–Trinajstić information content (AvgIpc) is 3.54. The van der Waals surface area contributed by atoms with Crippen LogP contribution in [0.3, 0.4) is 0 Å². The number of carbonyl (C=O) groups is 3. The Bertz CT molecular complexity index is 1670. The third kappa shape index (κ3) is 5.71. The zero-order chi connectivity index (χ0) is 30.2. The van der Waals surface area contributed by atoms with Gasteiger partial charge in [0.05, 0.1) is 22.3 Å². The van der Waals surface area contributed by atoms with E-state index in [0.29, 0.717) is 51.5 Å². The second-order valence-electron chi connectivity index (χ2n) is 12.3. The molecule has 5 rings (SSSR count). The van der Waals surface area contributed by atoms with Crippen LogP contribution >= 0.6 is 11.6 Å². The molecule has 1 N–H and O–H groups in total. The van der Waals surface area contributed by atoms with Crippen molar-refractivity contribution >= 4 is 34.7 Å². The molecule has 3 aromatic heterocycles. The molecule has 1 aromatic carbocycles. The molecule has 42 heavy (non-hydrogen) atoms. The maximum absolute atomic E-state index is 14.2. The number of aromatic nitrogens is 2. The predicted octanol–water partition coefficient (Wildman–Crippen LogP) is 7.52. The van der Waals surface area contributed by atoms with Crippen molar-refractivity contribution in [3.8, 4) is 5.75 Å². The van der Waals surface area contributed by atoms with E-state index < -0.39 is 16.8 Å². The Labute approximate surface area is 250 Å². The number of carbonyl (C=O) groups excluding carboxylic acids is 2. The maximum atomic E-state index is 14.2. The van der Waals surface area contributed by atoms with E-state index in [-0.39, 0.29) is 24.6 Å². The molecule has 1 aliphatic carbocycles. The largest absolute Gasteiger partial charge is 0.487 e. The van der Waals surface area contributed by atoms with E-state index in [9.17, 15) is 19.5 Å². The summed E-state index contributed by atoms with van der Waals surface area (Å²) in [5.74, 6) is -0.858. The molecule has 0 radical (unpaired) electrons. The van der Waals surface area contributed by atoms with Gasteiger partial charge >= 0.3 is 5.97 Å². The third-order valence-electron chi connectivity index (χ3n) is 8.10. The highest BCUT2D eigenvalue weighted by atomic mass is 35.5. The van der Waals surface area contributed by atoms with Crippen molar-refractivity contribution in [3.63, 3.8) is 0 Å². The molecule has 7 nitrogen and oxygen atoms in total. The second kappa shape index (κ2) is 11.4. The van der Waals surface area contributed by atoms with Crippen molar-refractivity contribution in [3.05, 3.63) is 99.6 Å². The van der Waals surface area contributed by atoms with Gasteiger partial charge in [-0.3, -0.25) is 19.4 Å². The minimum Gasteiger partial charge on any atom is -0.487 e. The van der Waals surface area contributed by atoms with Gasteiger partial charge in [0.25, 0.3) is 0 Å². The van der Waals surface area contributed by atoms with Crippen LogP contribution in [0.4, 0.5) is 0 Å². The smallest absolute Gasteiger partial charge is 0.309 e. The number of aliphatic carboxylic acids is 1. The Morgan fingerprint density at radius 1 is 1.05 bits per heavy atom. The van der Waals surface area contributed by atoms with Crippen LogP contribution in [0.2, 0.25) is 5.02 Å². The average molecular weight is 587 g/mol. The molecule has 0 saturated heterocycles. The number of Topliss-reactive ketones (excluding diaryl/α,β-unsaturated/α-hetero) is 1. The molecule has 3 heterocycles. The number of carboxylic acids is 1. The molecule has 0 atom stereocenters. The van der Waals surface area contributed by atoms with Crippen molar-refractivity contribution in [1.29, 1.82) is 0 Å². The Hall–Kier alpha value is -3.97. The number of pyridine rings is 2. The van der Waals surface area contributed by atoms with E-state index in [1.807, 2.05) is 45.9 Å². The summed E-state index contributed by atoms with van der Waals surface area (Å²) in [7, 11) is 0. The van der Waals surface area contributed by atoms with Gasteiger partial charge in [-0.05, 0) is 74.2 Å². The van der Waals surface area contributed by atoms with Crippen LogP contribution in [0.25, 0.3) is 5.52 Å². The molecule has 0 bridgehead atoms. The van der Waals surface area contributed by atoms with E-state index in [4.69, 9.17) is 16.3 Å². The number of benzene rings is 1. The molecule has 0 unspecified atom stereocenters. The van der Waals surface area contributed by atoms with E-state index >= 15 is 0 Å². The minimum atomic E-state index is -1.05. The van der Waals surface area contributed by atoms with Crippen LogP contribution in [0.1, 0.15) is 89.8 Å². The van der Waals surface area contributed by atoms with Gasteiger partial charge in [0.15, 0.2) is 5.78 Å². The van der Waals surface area contributed by atoms with Crippen LogP contribution < -0.4 is 4.74 Å². The lowest BCUT2D eigenvalue weighted by Gasteiger charge is -2.25. The summed E-state index contributed by atoms with van der Waals surface area (Å²) < 4.78 is 7.81. The van der Waals surface area contributed by atoms with E-state index in [1.54, 1.807) is 47.0 Å². The van der Waals surface area contributed by atoms with Gasteiger partial charge in [-0.2, -0.15) is 0 Å². The van der Waals surface area contributed by atoms with Crippen LogP contribution in [0.15, 0.2) is 60.8 Å². The van der Waals surface area contributed by atoms with E-state index in [0.717, 1.165) is 24.2 Å². The first-order valence-electron chi connectivity index (χ1n) is 14.2. The number of hydrogen-bond acceptors (Lipinski definition) is 5. The zero-order valence-corrected chi connectivity index (χ0v) is 25.1. The first-order chi connectivity index (χ1) is 19.9. The molecule has 0 spiro atoms. The lowest BCUT2D eigenvalue weighted by Crippen LogP contribution is -2.32. The fourth-order valence-electron chi connectivity index (χ4n) is 5.85. The molecule has 1 aliphatic rings. The molecule has 0 amide bonds. The Balaban J connectivity index is 1.72. The Morgan fingerprint density at radius 2 is 1.74 bits per heavy atom. The standard InChI is InChI=1S/C34H35ClN2O5/c1-21-8-7-9-24(36-21)20-42-25-14-17-37-27(18-25)28(31(39)33(2,3)4)26(19-34(32(40)41)15-5-6-16-34)29(37)30(38)22-10-12-23(35)13-11-22/h7-14,17-18H,5-6,15-16,19-20H2,1-4H3,(H,40,41). The zero-order valence-electron chi connectivity index (χ0n) is 24.4. The minimum absolute atomic E-state index is 0.0826. The molecule has 218 valence electrons. The van der Waals surface area contributed by atoms with Crippen LogP contribution in [-0.4, -0.2) is 32.0 Å². The number of aryl methyl sites for hydroxylation is 1. The maximum Gasteiger partial charge on any atom is 0.309 e. The highest BCUT2D eigenvalue weighted by Gasteiger charge is 2.44. The summed E-state index contributed by atoms with van der Waals surface area (Å²) in [5.41, 5.74) is 1.84. The van der Waals surface area contributed by atoms with Gasteiger partial charge in [-0.1, -0.05) is 51.3 Å². The summed E-state index contributed by atoms with van der Waals surface area (Å²) >= 11 is 6.11. The normalized spacial score (nSPS) is 14.7. The molecule has 0 aliphatic heterocycles. The first kappa shape index (κ1) is 29.5. The Kier molecular flexibility index (Phi) is 7.99. The number of carboxylic acid groups (broad SMARTS) is 1. The fourth-order valence-corrected chi connectivity index (χ4v) is 5.98. The van der Waals surface area contributed by atoms with Crippen molar-refractivity contribution in [2.75, 3.05) is 0 Å². The number of ether oxygens (including phenoxy) is 1. The van der Waals surface area contributed by atoms with E-state index in [1.165, 1.54) is 0 Å². The highest BCUT2D eigenvalue weighted by Crippen LogP contribution is 2.45. The number of nitrogens with zero attached hydrogens (tertiary/aromatic N) is 2. The van der Waals surface area contributed by atoms with Gasteiger partial charge in [0.1, 0.15) is 12.4 Å². The summed E-state index contributed by atoms with van der Waals surface area (Å²) in [6.45, 7) is 7.63. The van der Waals surface area contributed by atoms with Crippen LogP contribution in [-0.2, 0) is 17.8 Å². The third-order valence-corrected chi connectivity index (χ3v) is 8.35. The fraction of sp³-hybridized carbons (Fsp3) is 0.353. The van der Waals surface area contributed by atoms with Crippen molar-refractivity contribution in [2.45, 2.75) is 66.4 Å². The van der Waals surface area contributed by atoms with Crippen molar-refractivity contribution < 1.29 is 24.2 Å². The molecule has 1 saturated carbocycles. The number of rotatable bonds is 9. The summed E-state index contributed by atoms with van der Waals surface area (Å²) in [5, 5.41) is 10.9. The van der Waals surface area contributed by atoms with Crippen molar-refractivity contribution in [2.24, 2.45) is 10.8 Å². The van der Waals surface area contributed by atoms with Gasteiger partial charge < -0.3 is 14.2 Å². The van der Waals surface area contributed by atoms with Gasteiger partial charge in [-0.15, -0.1) is 0 Å².